The summed E-state index contributed by atoms with van der Waals surface area (Å²) in [5.41, 5.74) is 0.534. The van der Waals surface area contributed by atoms with Gasteiger partial charge < -0.3 is 14.8 Å². The number of nitrogens with one attached hydrogen (secondary N) is 1. The van der Waals surface area contributed by atoms with Crippen LogP contribution in [0.1, 0.15) is 23.2 Å². The fraction of sp³-hybridized carbons (Fsp3) is 0.350. The van der Waals surface area contributed by atoms with Crippen molar-refractivity contribution in [3.05, 3.63) is 53.1 Å². The number of sulfonamides is 1. The Morgan fingerprint density at radius 2 is 2.00 bits per heavy atom. The Labute approximate surface area is 175 Å². The second-order valence-corrected chi connectivity index (χ2v) is 9.03. The van der Waals surface area contributed by atoms with Crippen LogP contribution in [0.2, 0.25) is 5.02 Å². The van der Waals surface area contributed by atoms with E-state index in [4.69, 9.17) is 21.1 Å². The molecule has 2 aromatic rings. The first-order chi connectivity index (χ1) is 13.8. The van der Waals surface area contributed by atoms with Crippen LogP contribution in [0, 0.1) is 0 Å². The Morgan fingerprint density at radius 3 is 2.62 bits per heavy atom. The van der Waals surface area contributed by atoms with Gasteiger partial charge in [-0.1, -0.05) is 11.6 Å². The maximum atomic E-state index is 12.9. The lowest BCUT2D eigenvalue weighted by atomic mass is 10.1. The van der Waals surface area contributed by atoms with E-state index >= 15 is 0 Å². The molecule has 0 bridgehead atoms. The number of anilines is 1. The van der Waals surface area contributed by atoms with E-state index in [9.17, 15) is 13.2 Å². The first kappa shape index (κ1) is 21.4. The van der Waals surface area contributed by atoms with E-state index < -0.39 is 10.0 Å². The van der Waals surface area contributed by atoms with E-state index in [0.29, 0.717) is 24.6 Å². The van der Waals surface area contributed by atoms with Crippen molar-refractivity contribution in [2.45, 2.75) is 23.8 Å². The number of carbonyl (C=O) groups is 1. The van der Waals surface area contributed by atoms with Crippen LogP contribution in [0.15, 0.2) is 47.4 Å². The zero-order chi connectivity index (χ0) is 21.0. The second-order valence-electron chi connectivity index (χ2n) is 6.66. The summed E-state index contributed by atoms with van der Waals surface area (Å²) in [5, 5.41) is 3.05. The highest BCUT2D eigenvalue weighted by Crippen LogP contribution is 2.27. The number of nitrogens with zero attached hydrogens (tertiary/aromatic N) is 1. The van der Waals surface area contributed by atoms with Crippen molar-refractivity contribution in [3.8, 4) is 5.75 Å². The van der Waals surface area contributed by atoms with Crippen LogP contribution >= 0.6 is 11.6 Å². The summed E-state index contributed by atoms with van der Waals surface area (Å²) in [6.07, 6.45) is 1.88. The van der Waals surface area contributed by atoms with Crippen LogP contribution in [0.5, 0.6) is 5.75 Å². The van der Waals surface area contributed by atoms with Gasteiger partial charge in [-0.3, -0.25) is 9.10 Å². The fourth-order valence-electron chi connectivity index (χ4n) is 3.03. The number of hydrogen-bond acceptors (Lipinski definition) is 5. The molecule has 29 heavy (non-hydrogen) atoms. The van der Waals surface area contributed by atoms with Crippen molar-refractivity contribution in [1.29, 1.82) is 0 Å². The lowest BCUT2D eigenvalue weighted by Crippen LogP contribution is -2.32. The molecule has 156 valence electrons. The largest absolute Gasteiger partial charge is 0.497 e. The first-order valence-corrected chi connectivity index (χ1v) is 11.0. The van der Waals surface area contributed by atoms with E-state index in [1.165, 1.54) is 38.4 Å². The first-order valence-electron chi connectivity index (χ1n) is 9.15. The lowest BCUT2D eigenvalue weighted by molar-refractivity contribution is 0.0858. The van der Waals surface area contributed by atoms with Gasteiger partial charge in [0.15, 0.2) is 0 Å². The minimum atomic E-state index is -3.81. The zero-order valence-corrected chi connectivity index (χ0v) is 17.8. The van der Waals surface area contributed by atoms with Gasteiger partial charge in [-0.2, -0.15) is 0 Å². The van der Waals surface area contributed by atoms with Crippen molar-refractivity contribution in [2.75, 3.05) is 31.6 Å². The summed E-state index contributed by atoms with van der Waals surface area (Å²) in [4.78, 5) is 12.7. The van der Waals surface area contributed by atoms with Gasteiger partial charge >= 0.3 is 0 Å². The van der Waals surface area contributed by atoms with Crippen LogP contribution < -0.4 is 14.4 Å². The van der Waals surface area contributed by atoms with E-state index in [1.807, 2.05) is 0 Å². The molecule has 7 nitrogen and oxygen atoms in total. The summed E-state index contributed by atoms with van der Waals surface area (Å²) in [7, 11) is -0.879. The van der Waals surface area contributed by atoms with Gasteiger partial charge in [0.25, 0.3) is 15.9 Å². The van der Waals surface area contributed by atoms with Crippen LogP contribution in [0.25, 0.3) is 0 Å². The standard InChI is InChI=1S/C20H23ClN2O5S/c1-23(29(25,26)17-8-6-15(27-2)7-9-17)14-5-10-19(21)18(12-14)20(24)22-13-16-4-3-11-28-16/h5-10,12,16H,3-4,11,13H2,1-2H3,(H,22,24). The van der Waals surface area contributed by atoms with Crippen LogP contribution in [0.4, 0.5) is 5.69 Å². The molecule has 1 amide bonds. The number of benzene rings is 2. The summed E-state index contributed by atoms with van der Waals surface area (Å²) in [5.74, 6) is 0.186. The van der Waals surface area contributed by atoms with Crippen molar-refractivity contribution in [3.63, 3.8) is 0 Å². The summed E-state index contributed by atoms with van der Waals surface area (Å²) in [6.45, 7) is 1.09. The number of ether oxygens (including phenoxy) is 2. The van der Waals surface area contributed by atoms with E-state index in [-0.39, 0.29) is 27.5 Å². The molecule has 0 radical (unpaired) electrons. The molecule has 1 unspecified atom stereocenters. The molecule has 0 aliphatic carbocycles. The third-order valence-corrected chi connectivity index (χ3v) is 6.92. The fourth-order valence-corrected chi connectivity index (χ4v) is 4.43. The molecule has 1 fully saturated rings. The van der Waals surface area contributed by atoms with Gasteiger partial charge in [0.2, 0.25) is 0 Å². The van der Waals surface area contributed by atoms with Crippen molar-refractivity contribution in [1.82, 2.24) is 5.32 Å². The van der Waals surface area contributed by atoms with Gasteiger partial charge in [0.05, 0.1) is 34.4 Å². The zero-order valence-electron chi connectivity index (χ0n) is 16.2. The molecule has 9 heteroatoms. The normalized spacial score (nSPS) is 16.4. The summed E-state index contributed by atoms with van der Waals surface area (Å²) in [6, 6.07) is 10.6. The average Bonchev–Trinajstić information content (AvgIpc) is 3.25. The topological polar surface area (TPSA) is 84.9 Å². The number of methoxy groups -OCH3 is 1. The van der Waals surface area contributed by atoms with E-state index in [2.05, 4.69) is 5.32 Å². The number of carbonyl (C=O) groups excluding carboxylic acids is 1. The molecule has 0 spiro atoms. The smallest absolute Gasteiger partial charge is 0.264 e. The maximum absolute atomic E-state index is 12.9. The SMILES string of the molecule is COc1ccc(S(=O)(=O)N(C)c2ccc(Cl)c(C(=O)NCC3CCCO3)c2)cc1. The molecule has 0 saturated carbocycles. The van der Waals surface area contributed by atoms with Crippen LogP contribution in [0.3, 0.4) is 0 Å². The molecule has 1 saturated heterocycles. The lowest BCUT2D eigenvalue weighted by Gasteiger charge is -2.21. The molecule has 0 aromatic heterocycles. The molecule has 2 aromatic carbocycles. The predicted molar refractivity (Wildman–Crippen MR) is 111 cm³/mol. The predicted octanol–water partition coefficient (Wildman–Crippen LogP) is 3.08. The quantitative estimate of drug-likeness (QED) is 0.718. The van der Waals surface area contributed by atoms with E-state index in [0.717, 1.165) is 17.1 Å². The number of halogens is 1. The van der Waals surface area contributed by atoms with Gasteiger partial charge in [-0.05, 0) is 55.3 Å². The van der Waals surface area contributed by atoms with Crippen molar-refractivity contribution in [2.24, 2.45) is 0 Å². The van der Waals surface area contributed by atoms with Gasteiger partial charge in [0.1, 0.15) is 5.75 Å². The van der Waals surface area contributed by atoms with Gasteiger partial charge in [-0.25, -0.2) is 8.42 Å². The maximum Gasteiger partial charge on any atom is 0.264 e. The van der Waals surface area contributed by atoms with Crippen molar-refractivity contribution >= 4 is 33.2 Å². The molecular formula is C20H23ClN2O5S. The summed E-state index contributed by atoms with van der Waals surface area (Å²) < 4.78 is 37.5. The van der Waals surface area contributed by atoms with E-state index in [1.54, 1.807) is 18.2 Å². The number of amides is 1. The minimum absolute atomic E-state index is 0.000897. The highest BCUT2D eigenvalue weighted by atomic mass is 35.5. The Balaban J connectivity index is 1.80. The van der Waals surface area contributed by atoms with Crippen molar-refractivity contribution < 1.29 is 22.7 Å². The highest BCUT2D eigenvalue weighted by Gasteiger charge is 2.23. The molecule has 1 aliphatic heterocycles. The Hall–Kier alpha value is -2.29. The second kappa shape index (κ2) is 9.02. The minimum Gasteiger partial charge on any atom is -0.497 e. The van der Waals surface area contributed by atoms with Gasteiger partial charge in [-0.15, -0.1) is 0 Å². The molecule has 3 rings (SSSR count). The third kappa shape index (κ3) is 4.83. The highest BCUT2D eigenvalue weighted by molar-refractivity contribution is 7.92. The molecule has 1 heterocycles. The number of rotatable bonds is 7. The molecule has 1 N–H and O–H groups in total. The Kier molecular flexibility index (Phi) is 6.66. The summed E-state index contributed by atoms with van der Waals surface area (Å²) >= 11 is 6.18. The average molecular weight is 439 g/mol. The Bertz CT molecular complexity index is 973. The molecule has 1 atom stereocenters. The monoisotopic (exact) mass is 438 g/mol. The molecule has 1 aliphatic rings. The third-order valence-electron chi connectivity index (χ3n) is 4.79. The Morgan fingerprint density at radius 1 is 1.28 bits per heavy atom. The van der Waals surface area contributed by atoms with Crippen LogP contribution in [-0.2, 0) is 14.8 Å². The molecular weight excluding hydrogens is 416 g/mol. The number of hydrogen-bond donors (Lipinski definition) is 1. The van der Waals surface area contributed by atoms with Gasteiger partial charge in [0, 0.05) is 20.2 Å². The van der Waals surface area contributed by atoms with Crippen LogP contribution in [-0.4, -0.2) is 47.7 Å².